The molecule has 0 saturated heterocycles. The molecule has 0 saturated carbocycles. The number of fused-ring (bicyclic) bond motifs is 1. The van der Waals surface area contributed by atoms with E-state index in [-0.39, 0.29) is 0 Å². The molecule has 4 nitrogen and oxygen atoms in total. The van der Waals surface area contributed by atoms with Crippen LogP contribution in [-0.4, -0.2) is 26.3 Å². The van der Waals surface area contributed by atoms with Crippen molar-refractivity contribution in [2.24, 2.45) is 0 Å². The fourth-order valence-corrected chi connectivity index (χ4v) is 3.98. The molecule has 1 atom stereocenters. The summed E-state index contributed by atoms with van der Waals surface area (Å²) < 4.78 is 10.8. The Morgan fingerprint density at radius 3 is 2.86 bits per heavy atom. The number of nitrogens with zero attached hydrogens (tertiary/aromatic N) is 1. The fraction of sp³-hybridized carbons (Fsp3) is 0.438. The fourth-order valence-electron chi connectivity index (χ4n) is 2.80. The van der Waals surface area contributed by atoms with Crippen LogP contribution in [0, 0.1) is 0 Å². The van der Waals surface area contributed by atoms with Gasteiger partial charge < -0.3 is 14.8 Å². The number of thiazole rings is 1. The van der Waals surface area contributed by atoms with Gasteiger partial charge in [-0.2, -0.15) is 0 Å². The molecule has 5 heteroatoms. The minimum absolute atomic E-state index is 0.371. The van der Waals surface area contributed by atoms with Crippen LogP contribution in [0.1, 0.15) is 29.5 Å². The van der Waals surface area contributed by atoms with Crippen molar-refractivity contribution >= 4 is 11.3 Å². The van der Waals surface area contributed by atoms with Crippen LogP contribution in [-0.2, 0) is 6.42 Å². The molecule has 0 spiro atoms. The largest absolute Gasteiger partial charge is 0.497 e. The van der Waals surface area contributed by atoms with Crippen molar-refractivity contribution in [3.8, 4) is 22.1 Å². The summed E-state index contributed by atoms with van der Waals surface area (Å²) >= 11 is 1.77. The van der Waals surface area contributed by atoms with E-state index in [1.807, 2.05) is 25.2 Å². The lowest BCUT2D eigenvalue weighted by atomic mass is 9.98. The Balaban J connectivity index is 2.07. The van der Waals surface area contributed by atoms with Gasteiger partial charge in [0.2, 0.25) is 0 Å². The Morgan fingerprint density at radius 2 is 2.14 bits per heavy atom. The van der Waals surface area contributed by atoms with Gasteiger partial charge in [-0.15, -0.1) is 11.3 Å². The van der Waals surface area contributed by atoms with Crippen LogP contribution in [0.15, 0.2) is 18.2 Å². The predicted molar refractivity (Wildman–Crippen MR) is 85.4 cm³/mol. The van der Waals surface area contributed by atoms with Crippen LogP contribution in [0.3, 0.4) is 0 Å². The number of hydrogen-bond donors (Lipinski definition) is 1. The summed E-state index contributed by atoms with van der Waals surface area (Å²) in [4.78, 5) is 6.27. The Morgan fingerprint density at radius 1 is 1.29 bits per heavy atom. The Kier molecular flexibility index (Phi) is 4.12. The Hall–Kier alpha value is -1.59. The molecule has 0 fully saturated rings. The van der Waals surface area contributed by atoms with Gasteiger partial charge in [0.15, 0.2) is 0 Å². The summed E-state index contributed by atoms with van der Waals surface area (Å²) in [7, 11) is 5.37. The molecule has 1 aromatic heterocycles. The van der Waals surface area contributed by atoms with Crippen molar-refractivity contribution in [2.75, 3.05) is 21.3 Å². The second kappa shape index (κ2) is 6.03. The highest BCUT2D eigenvalue weighted by Crippen LogP contribution is 2.41. The van der Waals surface area contributed by atoms with Crippen LogP contribution in [0.4, 0.5) is 0 Å². The van der Waals surface area contributed by atoms with Crippen LogP contribution >= 0.6 is 11.3 Å². The molecule has 1 aromatic carbocycles. The molecule has 1 unspecified atom stereocenters. The van der Waals surface area contributed by atoms with E-state index < -0.39 is 0 Å². The molecule has 1 heterocycles. The van der Waals surface area contributed by atoms with Gasteiger partial charge >= 0.3 is 0 Å². The zero-order chi connectivity index (χ0) is 14.8. The maximum atomic E-state index is 5.48. The van der Waals surface area contributed by atoms with E-state index in [4.69, 9.17) is 14.5 Å². The van der Waals surface area contributed by atoms with E-state index in [1.165, 1.54) is 17.0 Å². The molecule has 0 amide bonds. The number of rotatable bonds is 4. The quantitative estimate of drug-likeness (QED) is 0.940. The minimum Gasteiger partial charge on any atom is -0.497 e. The van der Waals surface area contributed by atoms with Gasteiger partial charge in [-0.3, -0.25) is 0 Å². The molecule has 1 aliphatic carbocycles. The van der Waals surface area contributed by atoms with Gasteiger partial charge in [0, 0.05) is 4.88 Å². The molecule has 0 aliphatic heterocycles. The van der Waals surface area contributed by atoms with E-state index in [9.17, 15) is 0 Å². The second-order valence-electron chi connectivity index (χ2n) is 5.13. The third-order valence-corrected chi connectivity index (χ3v) is 5.10. The smallest absolute Gasteiger partial charge is 0.129 e. The number of aryl methyl sites for hydroxylation is 1. The summed E-state index contributed by atoms with van der Waals surface area (Å²) in [6.45, 7) is 0. The summed E-state index contributed by atoms with van der Waals surface area (Å²) in [5.41, 5.74) is 2.21. The van der Waals surface area contributed by atoms with E-state index >= 15 is 0 Å². The summed E-state index contributed by atoms with van der Waals surface area (Å²) in [6, 6.07) is 6.21. The maximum absolute atomic E-state index is 5.48. The zero-order valence-corrected chi connectivity index (χ0v) is 13.4. The van der Waals surface area contributed by atoms with Gasteiger partial charge in [-0.05, 0) is 44.5 Å². The van der Waals surface area contributed by atoms with Gasteiger partial charge in [0.05, 0.1) is 31.5 Å². The van der Waals surface area contributed by atoms with Gasteiger partial charge in [0.1, 0.15) is 16.5 Å². The first-order valence-corrected chi connectivity index (χ1v) is 7.97. The van der Waals surface area contributed by atoms with Crippen LogP contribution < -0.4 is 14.8 Å². The van der Waals surface area contributed by atoms with Crippen molar-refractivity contribution in [1.29, 1.82) is 0 Å². The van der Waals surface area contributed by atoms with E-state index in [2.05, 4.69) is 5.32 Å². The molecular weight excluding hydrogens is 284 g/mol. The lowest BCUT2D eigenvalue weighted by molar-refractivity contribution is 0.404. The summed E-state index contributed by atoms with van der Waals surface area (Å²) in [5.74, 6) is 1.66. The number of aromatic nitrogens is 1. The molecule has 112 valence electrons. The Labute approximate surface area is 129 Å². The highest BCUT2D eigenvalue weighted by atomic mass is 32.1. The third kappa shape index (κ3) is 2.63. The molecule has 1 aliphatic rings. The normalized spacial score (nSPS) is 17.4. The maximum Gasteiger partial charge on any atom is 0.129 e. The van der Waals surface area contributed by atoms with Crippen LogP contribution in [0.25, 0.3) is 10.6 Å². The molecule has 0 radical (unpaired) electrons. The third-order valence-electron chi connectivity index (χ3n) is 3.94. The first-order valence-electron chi connectivity index (χ1n) is 7.16. The topological polar surface area (TPSA) is 43.4 Å². The minimum atomic E-state index is 0.371. The molecule has 21 heavy (non-hydrogen) atoms. The first-order chi connectivity index (χ1) is 10.3. The van der Waals surface area contributed by atoms with Crippen LogP contribution in [0.5, 0.6) is 11.5 Å². The van der Waals surface area contributed by atoms with Gasteiger partial charge in [-0.1, -0.05) is 0 Å². The standard InChI is InChI=1S/C16H20N2O2S/c1-17-12-5-4-6-14-15(12)18-16(21-14)11-9-10(19-2)7-8-13(11)20-3/h7-9,12,17H,4-6H2,1-3H3. The summed E-state index contributed by atoms with van der Waals surface area (Å²) in [5, 5.41) is 4.38. The first kappa shape index (κ1) is 14.4. The highest BCUT2D eigenvalue weighted by Gasteiger charge is 2.24. The average Bonchev–Trinajstić information content (AvgIpc) is 2.98. The van der Waals surface area contributed by atoms with Gasteiger partial charge in [-0.25, -0.2) is 4.98 Å². The zero-order valence-electron chi connectivity index (χ0n) is 12.6. The average molecular weight is 304 g/mol. The number of benzene rings is 1. The van der Waals surface area contributed by atoms with Crippen LogP contribution in [0.2, 0.25) is 0 Å². The second-order valence-corrected chi connectivity index (χ2v) is 6.21. The molecular formula is C16H20N2O2S. The predicted octanol–water partition coefficient (Wildman–Crippen LogP) is 3.42. The SMILES string of the molecule is CNC1CCCc2sc(-c3cc(OC)ccc3OC)nc21. The molecule has 3 rings (SSSR count). The van der Waals surface area contributed by atoms with E-state index in [0.717, 1.165) is 34.9 Å². The van der Waals surface area contributed by atoms with Crippen molar-refractivity contribution in [3.05, 3.63) is 28.8 Å². The number of methoxy groups -OCH3 is 2. The molecule has 1 N–H and O–H groups in total. The monoisotopic (exact) mass is 304 g/mol. The number of ether oxygens (including phenoxy) is 2. The lowest BCUT2D eigenvalue weighted by Crippen LogP contribution is -2.21. The molecule has 2 aromatic rings. The van der Waals surface area contributed by atoms with E-state index in [1.54, 1.807) is 25.6 Å². The van der Waals surface area contributed by atoms with Crippen molar-refractivity contribution in [3.63, 3.8) is 0 Å². The highest BCUT2D eigenvalue weighted by molar-refractivity contribution is 7.15. The number of hydrogen-bond acceptors (Lipinski definition) is 5. The van der Waals surface area contributed by atoms with Crippen molar-refractivity contribution in [2.45, 2.75) is 25.3 Å². The van der Waals surface area contributed by atoms with Crippen molar-refractivity contribution in [1.82, 2.24) is 10.3 Å². The van der Waals surface area contributed by atoms with E-state index in [0.29, 0.717) is 6.04 Å². The molecule has 0 bridgehead atoms. The number of nitrogens with one attached hydrogen (secondary N) is 1. The lowest BCUT2D eigenvalue weighted by Gasteiger charge is -2.19. The van der Waals surface area contributed by atoms with Crippen molar-refractivity contribution < 1.29 is 9.47 Å². The van der Waals surface area contributed by atoms with Gasteiger partial charge in [0.25, 0.3) is 0 Å². The summed E-state index contributed by atoms with van der Waals surface area (Å²) in [6.07, 6.45) is 3.49. The Bertz CT molecular complexity index is 639.